The summed E-state index contributed by atoms with van der Waals surface area (Å²) >= 11 is 0. The number of carbonyl (C=O) groups is 3. The Kier molecular flexibility index (Phi) is 6.38. The minimum atomic E-state index is -4.43. The van der Waals surface area contributed by atoms with E-state index in [0.29, 0.717) is 24.2 Å². The Hall–Kier alpha value is -3.69. The van der Waals surface area contributed by atoms with Crippen molar-refractivity contribution in [2.75, 3.05) is 13.1 Å². The first kappa shape index (κ1) is 22.0. The number of pyridine rings is 1. The SMILES string of the molecule is O=C(/C=C/c1ccc(C(F)(F)F)cc1)NCC(=O)N1CCc2nc(C(=O)O)ccc2C1. The van der Waals surface area contributed by atoms with Gasteiger partial charge in [-0.15, -0.1) is 0 Å². The molecule has 0 saturated carbocycles. The van der Waals surface area contributed by atoms with Crippen LogP contribution in [0.3, 0.4) is 0 Å². The molecule has 0 saturated heterocycles. The molecule has 0 unspecified atom stereocenters. The lowest BCUT2D eigenvalue weighted by Crippen LogP contribution is -2.42. The molecule has 2 heterocycles. The molecule has 0 spiro atoms. The van der Waals surface area contributed by atoms with Crippen LogP contribution >= 0.6 is 0 Å². The van der Waals surface area contributed by atoms with Gasteiger partial charge in [-0.3, -0.25) is 9.59 Å². The van der Waals surface area contributed by atoms with E-state index < -0.39 is 23.6 Å². The number of nitrogens with zero attached hydrogens (tertiary/aromatic N) is 2. The summed E-state index contributed by atoms with van der Waals surface area (Å²) in [6.07, 6.45) is -1.53. The summed E-state index contributed by atoms with van der Waals surface area (Å²) in [5.74, 6) is -1.99. The quantitative estimate of drug-likeness (QED) is 0.706. The van der Waals surface area contributed by atoms with Crippen LogP contribution < -0.4 is 5.32 Å². The van der Waals surface area contributed by atoms with Crippen LogP contribution in [0, 0.1) is 0 Å². The molecule has 0 fully saturated rings. The van der Waals surface area contributed by atoms with Crippen LogP contribution in [0.15, 0.2) is 42.5 Å². The Morgan fingerprint density at radius 3 is 2.48 bits per heavy atom. The van der Waals surface area contributed by atoms with Crippen molar-refractivity contribution in [2.24, 2.45) is 0 Å². The van der Waals surface area contributed by atoms with Gasteiger partial charge in [0.2, 0.25) is 11.8 Å². The number of carbonyl (C=O) groups excluding carboxylic acids is 2. The van der Waals surface area contributed by atoms with Gasteiger partial charge in [0.05, 0.1) is 12.1 Å². The molecule has 1 aromatic heterocycles. The standard InChI is InChI=1S/C21H18F3N3O4/c22-21(23,24)15-5-1-13(2-6-15)3-8-18(28)25-11-19(29)27-10-9-16-14(12-27)4-7-17(26-16)20(30)31/h1-8H,9-12H2,(H,25,28)(H,30,31)/b8-3+. The van der Waals surface area contributed by atoms with Gasteiger partial charge in [0.1, 0.15) is 5.69 Å². The molecular formula is C21H18F3N3O4. The predicted molar refractivity (Wildman–Crippen MR) is 104 cm³/mol. The van der Waals surface area contributed by atoms with Crippen molar-refractivity contribution in [1.29, 1.82) is 0 Å². The smallest absolute Gasteiger partial charge is 0.416 e. The monoisotopic (exact) mass is 433 g/mol. The zero-order valence-electron chi connectivity index (χ0n) is 16.1. The van der Waals surface area contributed by atoms with Crippen molar-refractivity contribution >= 4 is 23.9 Å². The maximum Gasteiger partial charge on any atom is 0.416 e. The molecule has 1 aliphatic rings. The van der Waals surface area contributed by atoms with Gasteiger partial charge >= 0.3 is 12.1 Å². The highest BCUT2D eigenvalue weighted by Crippen LogP contribution is 2.29. The summed E-state index contributed by atoms with van der Waals surface area (Å²) in [6.45, 7) is 0.365. The summed E-state index contributed by atoms with van der Waals surface area (Å²) in [5, 5.41) is 11.4. The van der Waals surface area contributed by atoms with Crippen molar-refractivity contribution in [2.45, 2.75) is 19.1 Å². The molecule has 3 rings (SSSR count). The van der Waals surface area contributed by atoms with E-state index in [1.54, 1.807) is 6.07 Å². The number of nitrogens with one attached hydrogen (secondary N) is 1. The number of aromatic nitrogens is 1. The van der Waals surface area contributed by atoms with Crippen LogP contribution in [0.2, 0.25) is 0 Å². The summed E-state index contributed by atoms with van der Waals surface area (Å²) in [4.78, 5) is 40.9. The normalized spacial score (nSPS) is 13.7. The van der Waals surface area contributed by atoms with E-state index in [0.717, 1.165) is 23.8 Å². The van der Waals surface area contributed by atoms with Crippen LogP contribution in [-0.4, -0.2) is 45.9 Å². The largest absolute Gasteiger partial charge is 0.477 e. The lowest BCUT2D eigenvalue weighted by Gasteiger charge is -2.28. The maximum absolute atomic E-state index is 12.5. The number of hydrogen-bond donors (Lipinski definition) is 2. The molecule has 0 atom stereocenters. The van der Waals surface area contributed by atoms with E-state index in [1.165, 1.54) is 29.2 Å². The van der Waals surface area contributed by atoms with Crippen molar-refractivity contribution < 1.29 is 32.7 Å². The third-order valence-corrected chi connectivity index (χ3v) is 4.70. The molecule has 7 nitrogen and oxygen atoms in total. The second kappa shape index (κ2) is 8.99. The number of carboxylic acids is 1. The summed E-state index contributed by atoms with van der Waals surface area (Å²) in [7, 11) is 0. The number of carboxylic acid groups (broad SMARTS) is 1. The number of rotatable bonds is 5. The van der Waals surface area contributed by atoms with Gasteiger partial charge in [-0.2, -0.15) is 13.2 Å². The molecule has 2 amide bonds. The van der Waals surface area contributed by atoms with Crippen molar-refractivity contribution in [3.8, 4) is 0 Å². The number of halogens is 3. The first-order valence-corrected chi connectivity index (χ1v) is 9.26. The topological polar surface area (TPSA) is 99.6 Å². The Morgan fingerprint density at radius 2 is 1.84 bits per heavy atom. The predicted octanol–water partition coefficient (Wildman–Crippen LogP) is 2.51. The molecule has 31 heavy (non-hydrogen) atoms. The van der Waals surface area contributed by atoms with Crippen molar-refractivity contribution in [1.82, 2.24) is 15.2 Å². The summed E-state index contributed by atoms with van der Waals surface area (Å²) in [6, 6.07) is 7.33. The Labute approximate surface area is 175 Å². The Morgan fingerprint density at radius 1 is 1.13 bits per heavy atom. The number of hydrogen-bond acceptors (Lipinski definition) is 4. The maximum atomic E-state index is 12.5. The van der Waals surface area contributed by atoms with E-state index >= 15 is 0 Å². The Bertz CT molecular complexity index is 1030. The van der Waals surface area contributed by atoms with Gasteiger partial charge in [-0.05, 0) is 35.4 Å². The number of benzene rings is 1. The molecule has 2 N–H and O–H groups in total. The zero-order valence-corrected chi connectivity index (χ0v) is 16.1. The third kappa shape index (κ3) is 5.68. The second-order valence-corrected chi connectivity index (χ2v) is 6.84. The highest BCUT2D eigenvalue weighted by Gasteiger charge is 2.29. The first-order chi connectivity index (χ1) is 14.6. The average Bonchev–Trinajstić information content (AvgIpc) is 2.74. The van der Waals surface area contributed by atoms with Crippen LogP contribution in [0.5, 0.6) is 0 Å². The van der Waals surface area contributed by atoms with Crippen LogP contribution in [-0.2, 0) is 28.7 Å². The van der Waals surface area contributed by atoms with Gasteiger partial charge in [-0.1, -0.05) is 18.2 Å². The fraction of sp³-hybridized carbons (Fsp3) is 0.238. The number of fused-ring (bicyclic) bond motifs is 1. The third-order valence-electron chi connectivity index (χ3n) is 4.70. The summed E-state index contributed by atoms with van der Waals surface area (Å²) in [5.41, 5.74) is 0.962. The second-order valence-electron chi connectivity index (χ2n) is 6.84. The zero-order chi connectivity index (χ0) is 22.6. The molecule has 0 radical (unpaired) electrons. The van der Waals surface area contributed by atoms with E-state index in [4.69, 9.17) is 5.11 Å². The van der Waals surface area contributed by atoms with Crippen LogP contribution in [0.1, 0.15) is 32.9 Å². The van der Waals surface area contributed by atoms with Gasteiger partial charge in [-0.25, -0.2) is 9.78 Å². The van der Waals surface area contributed by atoms with E-state index in [1.807, 2.05) is 0 Å². The fourth-order valence-electron chi connectivity index (χ4n) is 3.04. The molecule has 1 aliphatic heterocycles. The van der Waals surface area contributed by atoms with Crippen molar-refractivity contribution in [3.63, 3.8) is 0 Å². The van der Waals surface area contributed by atoms with E-state index in [9.17, 15) is 27.6 Å². The van der Waals surface area contributed by atoms with Crippen molar-refractivity contribution in [3.05, 3.63) is 70.6 Å². The molecule has 1 aromatic carbocycles. The molecular weight excluding hydrogens is 415 g/mol. The van der Waals surface area contributed by atoms with Crippen LogP contribution in [0.4, 0.5) is 13.2 Å². The molecule has 0 aliphatic carbocycles. The lowest BCUT2D eigenvalue weighted by molar-refractivity contribution is -0.137. The number of aromatic carboxylic acids is 1. The molecule has 2 aromatic rings. The van der Waals surface area contributed by atoms with Gasteiger partial charge in [0, 0.05) is 31.3 Å². The summed E-state index contributed by atoms with van der Waals surface area (Å²) < 4.78 is 37.6. The molecule has 162 valence electrons. The van der Waals surface area contributed by atoms with Gasteiger partial charge in [0.25, 0.3) is 0 Å². The van der Waals surface area contributed by atoms with E-state index in [-0.39, 0.29) is 24.7 Å². The van der Waals surface area contributed by atoms with Gasteiger partial charge in [0.15, 0.2) is 0 Å². The number of alkyl halides is 3. The highest BCUT2D eigenvalue weighted by atomic mass is 19.4. The first-order valence-electron chi connectivity index (χ1n) is 9.26. The lowest BCUT2D eigenvalue weighted by atomic mass is 10.0. The fourth-order valence-corrected chi connectivity index (χ4v) is 3.04. The van der Waals surface area contributed by atoms with E-state index in [2.05, 4.69) is 10.3 Å². The minimum Gasteiger partial charge on any atom is -0.477 e. The highest BCUT2D eigenvalue weighted by molar-refractivity contribution is 5.94. The van der Waals surface area contributed by atoms with Gasteiger partial charge < -0.3 is 15.3 Å². The van der Waals surface area contributed by atoms with Crippen LogP contribution in [0.25, 0.3) is 6.08 Å². The molecule has 0 bridgehead atoms. The molecule has 10 heteroatoms. The number of amides is 2. The Balaban J connectivity index is 1.51. The minimum absolute atomic E-state index is 0.0503. The average molecular weight is 433 g/mol.